The Balaban J connectivity index is 1.47. The number of aromatic nitrogens is 4. The molecule has 5 rings (SSSR count). The molecule has 0 bridgehead atoms. The van der Waals surface area contributed by atoms with Crippen LogP contribution in [0.25, 0.3) is 16.9 Å². The van der Waals surface area contributed by atoms with Crippen molar-refractivity contribution in [1.29, 1.82) is 0 Å². The Hall–Kier alpha value is -3.96. The Labute approximate surface area is 204 Å². The summed E-state index contributed by atoms with van der Waals surface area (Å²) in [5, 5.41) is 10.1. The van der Waals surface area contributed by atoms with E-state index in [1.165, 1.54) is 18.3 Å². The smallest absolute Gasteiger partial charge is 0.421 e. The number of hydrogen-bond donors (Lipinski definition) is 2. The number of fused-ring (bicyclic) bond motifs is 1. The quantitative estimate of drug-likeness (QED) is 0.380. The summed E-state index contributed by atoms with van der Waals surface area (Å²) in [5.41, 5.74) is 7.57. The van der Waals surface area contributed by atoms with E-state index in [0.717, 1.165) is 23.7 Å². The molecule has 186 valence electrons. The lowest BCUT2D eigenvalue weighted by molar-refractivity contribution is -0.138. The first-order valence-corrected chi connectivity index (χ1v) is 11.2. The molecule has 0 aliphatic carbocycles. The molecule has 1 aliphatic rings. The van der Waals surface area contributed by atoms with Crippen molar-refractivity contribution < 1.29 is 23.0 Å². The lowest BCUT2D eigenvalue weighted by Gasteiger charge is -2.19. The van der Waals surface area contributed by atoms with Crippen LogP contribution in [0.1, 0.15) is 23.6 Å². The average Bonchev–Trinajstić information content (AvgIpc) is 3.50. The second-order valence-corrected chi connectivity index (χ2v) is 8.45. The molecule has 4 heterocycles. The van der Waals surface area contributed by atoms with Crippen LogP contribution in [-0.2, 0) is 6.18 Å². The molecule has 11 heteroatoms. The van der Waals surface area contributed by atoms with Gasteiger partial charge in [-0.1, -0.05) is 6.58 Å². The summed E-state index contributed by atoms with van der Waals surface area (Å²) in [5.74, 6) is 0.546. The zero-order valence-corrected chi connectivity index (χ0v) is 19.1. The molecule has 2 atom stereocenters. The van der Waals surface area contributed by atoms with E-state index in [9.17, 15) is 18.3 Å². The van der Waals surface area contributed by atoms with Crippen LogP contribution in [0.4, 0.5) is 19.1 Å². The van der Waals surface area contributed by atoms with Gasteiger partial charge >= 0.3 is 6.18 Å². The van der Waals surface area contributed by atoms with Gasteiger partial charge in [0.2, 0.25) is 11.8 Å². The van der Waals surface area contributed by atoms with Crippen molar-refractivity contribution in [2.24, 2.45) is 0 Å². The number of pyridine rings is 1. The number of nitrogens with zero attached hydrogens (tertiary/aromatic N) is 5. The maximum Gasteiger partial charge on any atom is 0.421 e. The van der Waals surface area contributed by atoms with Gasteiger partial charge < -0.3 is 15.6 Å². The standard InChI is InChI=1S/C25H23F3N6O2/c1-2-20(35)33-13-10-16(14-33)21-19-9-12-31-24(29)34(19)22(32-21)15-5-7-17(8-6-15)36-23-18(25(26,27)28)4-3-11-30-23/h2-9,11-12,16,20,35H,1,10,13-14H2,(H2,29,31). The molecule has 1 aliphatic heterocycles. The van der Waals surface area contributed by atoms with Crippen LogP contribution in [0.5, 0.6) is 11.6 Å². The number of nitrogen functional groups attached to an aromatic ring is 1. The van der Waals surface area contributed by atoms with E-state index in [1.54, 1.807) is 34.9 Å². The van der Waals surface area contributed by atoms with Gasteiger partial charge in [0.05, 0.1) is 11.2 Å². The van der Waals surface area contributed by atoms with Gasteiger partial charge in [-0.3, -0.25) is 9.30 Å². The van der Waals surface area contributed by atoms with E-state index >= 15 is 0 Å². The molecule has 1 aromatic carbocycles. The fourth-order valence-corrected chi connectivity index (χ4v) is 4.45. The third-order valence-corrected chi connectivity index (χ3v) is 6.20. The third-order valence-electron chi connectivity index (χ3n) is 6.20. The van der Waals surface area contributed by atoms with Gasteiger partial charge in [-0.2, -0.15) is 13.2 Å². The molecule has 8 nitrogen and oxygen atoms in total. The Morgan fingerprint density at radius 3 is 2.64 bits per heavy atom. The Bertz CT molecular complexity index is 1400. The summed E-state index contributed by atoms with van der Waals surface area (Å²) in [6.45, 7) is 4.96. The lowest BCUT2D eigenvalue weighted by atomic mass is 10.0. The maximum atomic E-state index is 13.3. The van der Waals surface area contributed by atoms with Crippen molar-refractivity contribution in [3.63, 3.8) is 0 Å². The normalized spacial score (nSPS) is 17.4. The van der Waals surface area contributed by atoms with Crippen molar-refractivity contribution >= 4 is 11.5 Å². The van der Waals surface area contributed by atoms with E-state index in [1.807, 2.05) is 11.0 Å². The highest BCUT2D eigenvalue weighted by molar-refractivity contribution is 5.69. The predicted octanol–water partition coefficient (Wildman–Crippen LogP) is 4.48. The second kappa shape index (κ2) is 9.25. The monoisotopic (exact) mass is 496 g/mol. The summed E-state index contributed by atoms with van der Waals surface area (Å²) in [6.07, 6.45) is -0.153. The third kappa shape index (κ3) is 4.38. The molecular formula is C25H23F3N6O2. The number of hydrogen-bond acceptors (Lipinski definition) is 7. The van der Waals surface area contributed by atoms with Crippen LogP contribution in [0.15, 0.2) is 67.5 Å². The number of ether oxygens (including phenoxy) is 1. The molecule has 0 saturated carbocycles. The van der Waals surface area contributed by atoms with Gasteiger partial charge in [-0.05, 0) is 55.0 Å². The van der Waals surface area contributed by atoms with Gasteiger partial charge in [-0.15, -0.1) is 0 Å². The summed E-state index contributed by atoms with van der Waals surface area (Å²) >= 11 is 0. The molecule has 1 saturated heterocycles. The van der Waals surface area contributed by atoms with Gasteiger partial charge in [0.25, 0.3) is 0 Å². The topological polar surface area (TPSA) is 102 Å². The number of anilines is 1. The fourth-order valence-electron chi connectivity index (χ4n) is 4.45. The number of rotatable bonds is 6. The summed E-state index contributed by atoms with van der Waals surface area (Å²) in [6, 6.07) is 10.5. The molecule has 0 amide bonds. The summed E-state index contributed by atoms with van der Waals surface area (Å²) in [7, 11) is 0. The zero-order valence-electron chi connectivity index (χ0n) is 19.1. The van der Waals surface area contributed by atoms with Crippen LogP contribution in [-0.4, -0.2) is 48.7 Å². The highest BCUT2D eigenvalue weighted by Crippen LogP contribution is 2.38. The Morgan fingerprint density at radius 2 is 1.92 bits per heavy atom. The molecule has 2 unspecified atom stereocenters. The molecule has 1 fully saturated rings. The number of alkyl halides is 3. The number of benzene rings is 1. The number of halogens is 3. The first-order valence-electron chi connectivity index (χ1n) is 11.2. The Morgan fingerprint density at radius 1 is 1.14 bits per heavy atom. The predicted molar refractivity (Wildman–Crippen MR) is 127 cm³/mol. The first kappa shape index (κ1) is 23.8. The summed E-state index contributed by atoms with van der Waals surface area (Å²) < 4.78 is 47.0. The van der Waals surface area contributed by atoms with E-state index < -0.39 is 23.8 Å². The number of nitrogens with two attached hydrogens (primary N) is 1. The second-order valence-electron chi connectivity index (χ2n) is 8.45. The highest BCUT2D eigenvalue weighted by Gasteiger charge is 2.35. The maximum absolute atomic E-state index is 13.3. The van der Waals surface area contributed by atoms with Crippen molar-refractivity contribution in [3.8, 4) is 23.0 Å². The molecule has 0 spiro atoms. The molecule has 36 heavy (non-hydrogen) atoms. The van der Waals surface area contributed by atoms with Crippen molar-refractivity contribution in [3.05, 3.63) is 78.8 Å². The minimum absolute atomic E-state index is 0.0673. The van der Waals surface area contributed by atoms with E-state index in [4.69, 9.17) is 15.5 Å². The van der Waals surface area contributed by atoms with Crippen molar-refractivity contribution in [2.45, 2.75) is 24.7 Å². The van der Waals surface area contributed by atoms with E-state index in [2.05, 4.69) is 16.5 Å². The van der Waals surface area contributed by atoms with E-state index in [0.29, 0.717) is 24.5 Å². The molecule has 3 aromatic heterocycles. The van der Waals surface area contributed by atoms with Crippen molar-refractivity contribution in [2.75, 3.05) is 18.8 Å². The number of aliphatic hydroxyl groups excluding tert-OH is 1. The largest absolute Gasteiger partial charge is 0.438 e. The minimum atomic E-state index is -4.59. The van der Waals surface area contributed by atoms with Crippen LogP contribution in [0, 0.1) is 0 Å². The lowest BCUT2D eigenvalue weighted by Crippen LogP contribution is -2.31. The first-order chi connectivity index (χ1) is 17.3. The van der Waals surface area contributed by atoms with Gasteiger partial charge in [0.1, 0.15) is 23.4 Å². The minimum Gasteiger partial charge on any atom is -0.438 e. The summed E-state index contributed by atoms with van der Waals surface area (Å²) in [4.78, 5) is 14.7. The Kier molecular flexibility index (Phi) is 6.10. The molecular weight excluding hydrogens is 473 g/mol. The molecule has 0 radical (unpaired) electrons. The fraction of sp³-hybridized carbons (Fsp3) is 0.240. The average molecular weight is 496 g/mol. The zero-order chi connectivity index (χ0) is 25.4. The molecule has 4 aromatic rings. The molecule has 3 N–H and O–H groups in total. The SMILES string of the molecule is C=CC(O)N1CCC(c2nc(-c3ccc(Oc4ncccc4C(F)(F)F)cc3)n3c(N)nccc23)C1. The van der Waals surface area contributed by atoms with Crippen LogP contribution >= 0.6 is 0 Å². The van der Waals surface area contributed by atoms with Gasteiger partial charge in [-0.25, -0.2) is 15.0 Å². The van der Waals surface area contributed by atoms with Crippen LogP contribution in [0.3, 0.4) is 0 Å². The van der Waals surface area contributed by atoms with Gasteiger partial charge in [0.15, 0.2) is 0 Å². The van der Waals surface area contributed by atoms with Gasteiger partial charge in [0, 0.05) is 37.0 Å². The van der Waals surface area contributed by atoms with Crippen LogP contribution < -0.4 is 10.5 Å². The van der Waals surface area contributed by atoms with E-state index in [-0.39, 0.29) is 17.6 Å². The van der Waals surface area contributed by atoms with Crippen LogP contribution in [0.2, 0.25) is 0 Å². The number of imidazole rings is 1. The number of likely N-dealkylation sites (tertiary alicyclic amines) is 1. The number of aliphatic hydroxyl groups is 1. The van der Waals surface area contributed by atoms with Crippen molar-refractivity contribution in [1.82, 2.24) is 24.3 Å². The highest BCUT2D eigenvalue weighted by atomic mass is 19.4.